The largest absolute Gasteiger partial charge is 0.497 e. The lowest BCUT2D eigenvalue weighted by molar-refractivity contribution is 0.0342. The Hall–Kier alpha value is -2.63. The van der Waals surface area contributed by atoms with Crippen LogP contribution < -0.4 is 4.74 Å². The van der Waals surface area contributed by atoms with Crippen LogP contribution in [0.4, 0.5) is 0 Å². The van der Waals surface area contributed by atoms with Crippen molar-refractivity contribution in [2.45, 2.75) is 6.54 Å². The van der Waals surface area contributed by atoms with Crippen LogP contribution in [0.15, 0.2) is 60.8 Å². The van der Waals surface area contributed by atoms with Crippen LogP contribution in [0.1, 0.15) is 5.56 Å². The number of hydrogen-bond acceptors (Lipinski definition) is 4. The standard InChI is InChI=1S/C21H23N3O2/c1-25-20-9-7-17(8-10-20)21-18(15-23-11-13-26-14-12-23)16-24(22-21)19-5-3-2-4-6-19/h2-10,16H,11-15H2,1H3. The van der Waals surface area contributed by atoms with Crippen molar-refractivity contribution in [3.05, 3.63) is 66.4 Å². The van der Waals surface area contributed by atoms with Gasteiger partial charge in [0.25, 0.3) is 0 Å². The molecule has 1 aromatic heterocycles. The predicted molar refractivity (Wildman–Crippen MR) is 102 cm³/mol. The van der Waals surface area contributed by atoms with E-state index in [2.05, 4.69) is 35.4 Å². The van der Waals surface area contributed by atoms with Crippen molar-refractivity contribution in [1.29, 1.82) is 0 Å². The molecular formula is C21H23N3O2. The molecule has 0 bridgehead atoms. The van der Waals surface area contributed by atoms with Crippen LogP contribution in [-0.2, 0) is 11.3 Å². The van der Waals surface area contributed by atoms with Gasteiger partial charge in [-0.15, -0.1) is 0 Å². The van der Waals surface area contributed by atoms with Crippen molar-refractivity contribution in [2.24, 2.45) is 0 Å². The monoisotopic (exact) mass is 349 g/mol. The van der Waals surface area contributed by atoms with Crippen LogP contribution in [0.2, 0.25) is 0 Å². The van der Waals surface area contributed by atoms with Gasteiger partial charge in [0.15, 0.2) is 0 Å². The smallest absolute Gasteiger partial charge is 0.118 e. The average molecular weight is 349 g/mol. The highest BCUT2D eigenvalue weighted by Gasteiger charge is 2.17. The fraction of sp³-hybridized carbons (Fsp3) is 0.286. The van der Waals surface area contributed by atoms with Gasteiger partial charge in [-0.3, -0.25) is 4.90 Å². The molecule has 5 nitrogen and oxygen atoms in total. The van der Waals surface area contributed by atoms with E-state index < -0.39 is 0 Å². The number of benzene rings is 2. The molecule has 0 unspecified atom stereocenters. The summed E-state index contributed by atoms with van der Waals surface area (Å²) in [5.74, 6) is 0.853. The van der Waals surface area contributed by atoms with E-state index in [0.29, 0.717) is 0 Å². The third kappa shape index (κ3) is 3.64. The van der Waals surface area contributed by atoms with Crippen LogP contribution in [0.25, 0.3) is 16.9 Å². The normalized spacial score (nSPS) is 15.1. The van der Waals surface area contributed by atoms with Gasteiger partial charge in [-0.25, -0.2) is 4.68 Å². The third-order valence-corrected chi connectivity index (χ3v) is 4.67. The van der Waals surface area contributed by atoms with E-state index in [1.165, 1.54) is 5.56 Å². The molecular weight excluding hydrogens is 326 g/mol. The Kier molecular flexibility index (Phi) is 5.00. The molecule has 4 rings (SSSR count). The van der Waals surface area contributed by atoms with E-state index >= 15 is 0 Å². The van der Waals surface area contributed by atoms with Crippen molar-refractivity contribution in [1.82, 2.24) is 14.7 Å². The van der Waals surface area contributed by atoms with Gasteiger partial charge in [-0.05, 0) is 36.4 Å². The molecule has 1 aliphatic heterocycles. The van der Waals surface area contributed by atoms with Crippen LogP contribution in [0.5, 0.6) is 5.75 Å². The second kappa shape index (κ2) is 7.72. The number of methoxy groups -OCH3 is 1. The van der Waals surface area contributed by atoms with Crippen molar-refractivity contribution >= 4 is 0 Å². The topological polar surface area (TPSA) is 39.5 Å². The highest BCUT2D eigenvalue weighted by molar-refractivity contribution is 5.64. The second-order valence-corrected chi connectivity index (χ2v) is 6.40. The number of nitrogens with zero attached hydrogens (tertiary/aromatic N) is 3. The molecule has 134 valence electrons. The maximum Gasteiger partial charge on any atom is 0.118 e. The fourth-order valence-corrected chi connectivity index (χ4v) is 3.23. The quantitative estimate of drug-likeness (QED) is 0.708. The molecule has 2 aromatic carbocycles. The number of ether oxygens (including phenoxy) is 2. The Morgan fingerprint density at radius 3 is 2.42 bits per heavy atom. The van der Waals surface area contributed by atoms with Crippen LogP contribution in [0.3, 0.4) is 0 Å². The summed E-state index contributed by atoms with van der Waals surface area (Å²) >= 11 is 0. The summed E-state index contributed by atoms with van der Waals surface area (Å²) < 4.78 is 12.7. The lowest BCUT2D eigenvalue weighted by Gasteiger charge is -2.26. The van der Waals surface area contributed by atoms with Gasteiger partial charge in [0.2, 0.25) is 0 Å². The summed E-state index contributed by atoms with van der Waals surface area (Å²) in [6.45, 7) is 4.38. The summed E-state index contributed by atoms with van der Waals surface area (Å²) in [6.07, 6.45) is 2.14. The number of morpholine rings is 1. The molecule has 1 aliphatic rings. The Labute approximate surface area is 153 Å². The molecule has 0 aliphatic carbocycles. The molecule has 2 heterocycles. The van der Waals surface area contributed by atoms with E-state index in [0.717, 1.165) is 55.5 Å². The average Bonchev–Trinajstić information content (AvgIpc) is 3.13. The first kappa shape index (κ1) is 16.8. The number of para-hydroxylation sites is 1. The first-order chi connectivity index (χ1) is 12.8. The minimum atomic E-state index is 0.796. The molecule has 0 atom stereocenters. The molecule has 0 amide bonds. The Balaban J connectivity index is 1.70. The van der Waals surface area contributed by atoms with Gasteiger partial charge < -0.3 is 9.47 Å². The van der Waals surface area contributed by atoms with Crippen LogP contribution in [0, 0.1) is 0 Å². The van der Waals surface area contributed by atoms with E-state index in [4.69, 9.17) is 14.6 Å². The van der Waals surface area contributed by atoms with E-state index in [1.807, 2.05) is 35.0 Å². The fourth-order valence-electron chi connectivity index (χ4n) is 3.23. The summed E-state index contributed by atoms with van der Waals surface area (Å²) in [7, 11) is 1.68. The lowest BCUT2D eigenvalue weighted by atomic mass is 10.1. The number of aromatic nitrogens is 2. The Bertz CT molecular complexity index is 837. The van der Waals surface area contributed by atoms with Gasteiger partial charge in [0.1, 0.15) is 5.75 Å². The molecule has 1 fully saturated rings. The molecule has 3 aromatic rings. The Morgan fingerprint density at radius 2 is 1.73 bits per heavy atom. The molecule has 0 spiro atoms. The minimum Gasteiger partial charge on any atom is -0.497 e. The van der Waals surface area contributed by atoms with Crippen molar-refractivity contribution < 1.29 is 9.47 Å². The first-order valence-electron chi connectivity index (χ1n) is 8.92. The molecule has 0 saturated carbocycles. The Morgan fingerprint density at radius 1 is 1.00 bits per heavy atom. The van der Waals surface area contributed by atoms with Crippen molar-refractivity contribution in [3.63, 3.8) is 0 Å². The maximum absolute atomic E-state index is 5.48. The minimum absolute atomic E-state index is 0.796. The summed E-state index contributed by atoms with van der Waals surface area (Å²) in [5, 5.41) is 4.89. The molecule has 26 heavy (non-hydrogen) atoms. The summed E-state index contributed by atoms with van der Waals surface area (Å²) in [6, 6.07) is 18.3. The predicted octanol–water partition coefficient (Wildman–Crippen LogP) is 3.38. The van der Waals surface area contributed by atoms with Gasteiger partial charge in [-0.2, -0.15) is 5.10 Å². The molecule has 0 N–H and O–H groups in total. The molecule has 1 saturated heterocycles. The molecule has 0 radical (unpaired) electrons. The van der Waals surface area contributed by atoms with E-state index in [-0.39, 0.29) is 0 Å². The van der Waals surface area contributed by atoms with Crippen LogP contribution in [-0.4, -0.2) is 48.1 Å². The third-order valence-electron chi connectivity index (χ3n) is 4.67. The molecule has 5 heteroatoms. The first-order valence-corrected chi connectivity index (χ1v) is 8.92. The zero-order chi connectivity index (χ0) is 17.8. The number of hydrogen-bond donors (Lipinski definition) is 0. The van der Waals surface area contributed by atoms with Gasteiger partial charge in [-0.1, -0.05) is 18.2 Å². The second-order valence-electron chi connectivity index (χ2n) is 6.40. The number of rotatable bonds is 5. The highest BCUT2D eigenvalue weighted by Crippen LogP contribution is 2.27. The van der Waals surface area contributed by atoms with E-state index in [9.17, 15) is 0 Å². The zero-order valence-corrected chi connectivity index (χ0v) is 15.0. The highest BCUT2D eigenvalue weighted by atomic mass is 16.5. The maximum atomic E-state index is 5.48. The van der Waals surface area contributed by atoms with Crippen molar-refractivity contribution in [3.8, 4) is 22.7 Å². The lowest BCUT2D eigenvalue weighted by Crippen LogP contribution is -2.35. The van der Waals surface area contributed by atoms with E-state index in [1.54, 1.807) is 7.11 Å². The SMILES string of the molecule is COc1ccc(-c2nn(-c3ccccc3)cc2CN2CCOCC2)cc1. The zero-order valence-electron chi connectivity index (χ0n) is 15.0. The van der Waals surface area contributed by atoms with Crippen molar-refractivity contribution in [2.75, 3.05) is 33.4 Å². The summed E-state index contributed by atoms with van der Waals surface area (Å²) in [5.41, 5.74) is 4.41. The van der Waals surface area contributed by atoms with Gasteiger partial charge in [0.05, 0.1) is 31.7 Å². The summed E-state index contributed by atoms with van der Waals surface area (Å²) in [4.78, 5) is 2.42. The van der Waals surface area contributed by atoms with Gasteiger partial charge >= 0.3 is 0 Å². The van der Waals surface area contributed by atoms with Crippen LogP contribution >= 0.6 is 0 Å². The van der Waals surface area contributed by atoms with Gasteiger partial charge in [0, 0.05) is 37.0 Å².